The van der Waals surface area contributed by atoms with Gasteiger partial charge in [0, 0.05) is 11.6 Å². The number of aromatic nitrogens is 2. The van der Waals surface area contributed by atoms with Gasteiger partial charge in [0.15, 0.2) is 17.3 Å². The summed E-state index contributed by atoms with van der Waals surface area (Å²) in [5, 5.41) is 6.44. The number of rotatable bonds is 3. The van der Waals surface area contributed by atoms with Crippen LogP contribution in [0.15, 0.2) is 12.1 Å². The van der Waals surface area contributed by atoms with Gasteiger partial charge in [-0.3, -0.25) is 5.10 Å². The molecule has 0 bridgehead atoms. The van der Waals surface area contributed by atoms with Crippen molar-refractivity contribution in [3.8, 4) is 22.8 Å². The number of aromatic amines is 1. The maximum Gasteiger partial charge on any atom is 0.197 e. The molecule has 0 aliphatic heterocycles. The minimum absolute atomic E-state index is 0.0701. The second kappa shape index (κ2) is 4.56. The molecule has 96 valence electrons. The van der Waals surface area contributed by atoms with Crippen molar-refractivity contribution in [3.05, 3.63) is 23.5 Å². The summed E-state index contributed by atoms with van der Waals surface area (Å²) in [5.74, 6) is 0.243. The molecular weight excluding hydrogens is 237 g/mol. The topological polar surface area (TPSA) is 73.2 Å². The molecule has 0 amide bonds. The summed E-state index contributed by atoms with van der Waals surface area (Å²) in [6.07, 6.45) is 0. The molecule has 3 N–H and O–H groups in total. The van der Waals surface area contributed by atoms with E-state index in [1.807, 2.05) is 6.92 Å². The molecule has 1 aromatic carbocycles. The number of hydrogen-bond acceptors (Lipinski definition) is 4. The van der Waals surface area contributed by atoms with Crippen LogP contribution in [0.1, 0.15) is 5.56 Å². The van der Waals surface area contributed by atoms with Crippen LogP contribution in [0.3, 0.4) is 0 Å². The van der Waals surface area contributed by atoms with Crippen LogP contribution in [0.2, 0.25) is 0 Å². The summed E-state index contributed by atoms with van der Waals surface area (Å²) >= 11 is 0. The highest BCUT2D eigenvalue weighted by Gasteiger charge is 2.19. The first-order chi connectivity index (χ1) is 8.58. The Morgan fingerprint density at radius 1 is 1.22 bits per heavy atom. The van der Waals surface area contributed by atoms with E-state index in [1.165, 1.54) is 14.2 Å². The molecule has 0 spiro atoms. The standard InChI is InChI=1S/C12H14FN3O2/c1-6-4-7(8-5-9(14)16-15-8)10(13)12(18-3)11(6)17-2/h4-5H,1-3H3,(H3,14,15,16). The Hall–Kier alpha value is -2.24. The van der Waals surface area contributed by atoms with E-state index in [2.05, 4.69) is 10.2 Å². The van der Waals surface area contributed by atoms with Crippen molar-refractivity contribution in [2.24, 2.45) is 0 Å². The Kier molecular flexibility index (Phi) is 3.10. The average molecular weight is 251 g/mol. The average Bonchev–Trinajstić information content (AvgIpc) is 2.77. The van der Waals surface area contributed by atoms with Crippen LogP contribution >= 0.6 is 0 Å². The fourth-order valence-electron chi connectivity index (χ4n) is 1.85. The van der Waals surface area contributed by atoms with E-state index < -0.39 is 5.82 Å². The maximum absolute atomic E-state index is 14.3. The molecule has 0 saturated heterocycles. The lowest BCUT2D eigenvalue weighted by Gasteiger charge is -2.13. The van der Waals surface area contributed by atoms with Crippen LogP contribution in [-0.2, 0) is 0 Å². The van der Waals surface area contributed by atoms with Crippen molar-refractivity contribution in [3.63, 3.8) is 0 Å². The van der Waals surface area contributed by atoms with E-state index in [-0.39, 0.29) is 5.75 Å². The molecule has 2 rings (SSSR count). The Morgan fingerprint density at radius 3 is 2.39 bits per heavy atom. The molecule has 0 atom stereocenters. The number of aryl methyl sites for hydroxylation is 1. The SMILES string of the molecule is COc1c(C)cc(-c2cc(N)n[nH]2)c(F)c1OC. The summed E-state index contributed by atoms with van der Waals surface area (Å²) in [6, 6.07) is 3.22. The van der Waals surface area contributed by atoms with Gasteiger partial charge in [0.2, 0.25) is 0 Å². The zero-order valence-corrected chi connectivity index (χ0v) is 10.4. The van der Waals surface area contributed by atoms with Gasteiger partial charge >= 0.3 is 0 Å². The highest BCUT2D eigenvalue weighted by Crippen LogP contribution is 2.39. The van der Waals surface area contributed by atoms with E-state index in [1.54, 1.807) is 12.1 Å². The zero-order chi connectivity index (χ0) is 13.3. The molecule has 18 heavy (non-hydrogen) atoms. The van der Waals surface area contributed by atoms with E-state index in [9.17, 15) is 4.39 Å². The van der Waals surface area contributed by atoms with Gasteiger partial charge in [0.05, 0.1) is 19.9 Å². The Bertz CT molecular complexity index is 581. The number of nitrogens with zero attached hydrogens (tertiary/aromatic N) is 1. The Balaban J connectivity index is 2.66. The molecule has 0 saturated carbocycles. The quantitative estimate of drug-likeness (QED) is 0.876. The van der Waals surface area contributed by atoms with Crippen LogP contribution in [0.4, 0.5) is 10.2 Å². The zero-order valence-electron chi connectivity index (χ0n) is 10.4. The Morgan fingerprint density at radius 2 is 1.89 bits per heavy atom. The van der Waals surface area contributed by atoms with Gasteiger partial charge in [-0.15, -0.1) is 0 Å². The molecule has 1 aromatic heterocycles. The number of ether oxygens (including phenoxy) is 2. The third kappa shape index (κ3) is 1.85. The molecule has 0 aliphatic rings. The number of H-pyrrole nitrogens is 1. The van der Waals surface area contributed by atoms with Gasteiger partial charge < -0.3 is 15.2 Å². The first-order valence-corrected chi connectivity index (χ1v) is 5.30. The molecule has 2 aromatic rings. The Labute approximate surface area is 104 Å². The summed E-state index contributed by atoms with van der Waals surface area (Å²) in [7, 11) is 2.86. The van der Waals surface area contributed by atoms with Crippen molar-refractivity contribution in [2.75, 3.05) is 20.0 Å². The fraction of sp³-hybridized carbons (Fsp3) is 0.250. The third-order valence-corrected chi connectivity index (χ3v) is 2.66. The number of benzene rings is 1. The van der Waals surface area contributed by atoms with Crippen LogP contribution in [0, 0.1) is 12.7 Å². The molecule has 0 aliphatic carbocycles. The van der Waals surface area contributed by atoms with Crippen molar-refractivity contribution in [2.45, 2.75) is 6.92 Å². The number of halogens is 1. The lowest BCUT2D eigenvalue weighted by molar-refractivity contribution is 0.336. The van der Waals surface area contributed by atoms with Crippen LogP contribution < -0.4 is 15.2 Å². The number of hydrogen-bond donors (Lipinski definition) is 2. The second-order valence-corrected chi connectivity index (χ2v) is 3.83. The minimum atomic E-state index is -0.511. The fourth-order valence-corrected chi connectivity index (χ4v) is 1.85. The molecule has 0 radical (unpaired) electrons. The number of nitrogens with two attached hydrogens (primary N) is 1. The van der Waals surface area contributed by atoms with Gasteiger partial charge in [-0.05, 0) is 18.6 Å². The van der Waals surface area contributed by atoms with Gasteiger partial charge in [-0.25, -0.2) is 4.39 Å². The first kappa shape index (κ1) is 12.2. The number of methoxy groups -OCH3 is 2. The monoisotopic (exact) mass is 251 g/mol. The second-order valence-electron chi connectivity index (χ2n) is 3.83. The van der Waals surface area contributed by atoms with Gasteiger partial charge in [-0.1, -0.05) is 0 Å². The molecule has 1 heterocycles. The van der Waals surface area contributed by atoms with Crippen LogP contribution in [0.25, 0.3) is 11.3 Å². The number of nitrogens with one attached hydrogen (secondary N) is 1. The summed E-state index contributed by atoms with van der Waals surface area (Å²) in [4.78, 5) is 0. The predicted molar refractivity (Wildman–Crippen MR) is 66.2 cm³/mol. The maximum atomic E-state index is 14.3. The lowest BCUT2D eigenvalue weighted by Crippen LogP contribution is -1.99. The normalized spacial score (nSPS) is 10.4. The number of anilines is 1. The largest absolute Gasteiger partial charge is 0.492 e. The summed E-state index contributed by atoms with van der Waals surface area (Å²) < 4.78 is 24.5. The van der Waals surface area contributed by atoms with Gasteiger partial charge in [0.25, 0.3) is 0 Å². The van der Waals surface area contributed by atoms with Crippen molar-refractivity contribution < 1.29 is 13.9 Å². The lowest BCUT2D eigenvalue weighted by atomic mass is 10.1. The van der Waals surface area contributed by atoms with Crippen LogP contribution in [-0.4, -0.2) is 24.4 Å². The molecule has 5 nitrogen and oxygen atoms in total. The smallest absolute Gasteiger partial charge is 0.197 e. The highest BCUT2D eigenvalue weighted by atomic mass is 19.1. The van der Waals surface area contributed by atoms with Gasteiger partial charge in [-0.2, -0.15) is 5.10 Å². The molecular formula is C12H14FN3O2. The van der Waals surface area contributed by atoms with E-state index >= 15 is 0 Å². The minimum Gasteiger partial charge on any atom is -0.492 e. The highest BCUT2D eigenvalue weighted by molar-refractivity contribution is 5.69. The number of nitrogen functional groups attached to an aromatic ring is 1. The van der Waals surface area contributed by atoms with Crippen LogP contribution in [0.5, 0.6) is 11.5 Å². The summed E-state index contributed by atoms with van der Waals surface area (Å²) in [5.41, 5.74) is 7.11. The van der Waals surface area contributed by atoms with E-state index in [0.717, 1.165) is 5.56 Å². The van der Waals surface area contributed by atoms with Crippen molar-refractivity contribution >= 4 is 5.82 Å². The van der Waals surface area contributed by atoms with Crippen molar-refractivity contribution in [1.82, 2.24) is 10.2 Å². The molecule has 0 unspecified atom stereocenters. The third-order valence-electron chi connectivity index (χ3n) is 2.66. The molecule has 6 heteroatoms. The van der Waals surface area contributed by atoms with E-state index in [0.29, 0.717) is 22.8 Å². The summed E-state index contributed by atoms with van der Waals surface area (Å²) in [6.45, 7) is 1.81. The first-order valence-electron chi connectivity index (χ1n) is 5.30. The predicted octanol–water partition coefficient (Wildman–Crippen LogP) is 2.12. The molecule has 0 fully saturated rings. The van der Waals surface area contributed by atoms with Gasteiger partial charge in [0.1, 0.15) is 5.82 Å². The van der Waals surface area contributed by atoms with E-state index in [4.69, 9.17) is 15.2 Å². The van der Waals surface area contributed by atoms with Crippen molar-refractivity contribution in [1.29, 1.82) is 0 Å².